The van der Waals surface area contributed by atoms with Gasteiger partial charge >= 0.3 is 5.97 Å². The fourth-order valence-corrected chi connectivity index (χ4v) is 2.81. The van der Waals surface area contributed by atoms with Crippen LogP contribution < -0.4 is 10.3 Å². The summed E-state index contributed by atoms with van der Waals surface area (Å²) in [6.45, 7) is -0.234. The van der Waals surface area contributed by atoms with E-state index in [1.54, 1.807) is 60.7 Å². The number of benzene rings is 3. The molecule has 1 heterocycles. The highest BCUT2D eigenvalue weighted by molar-refractivity contribution is 5.92. The van der Waals surface area contributed by atoms with Gasteiger partial charge < -0.3 is 9.47 Å². The highest BCUT2D eigenvalue weighted by atomic mass is 19.1. The predicted molar refractivity (Wildman–Crippen MR) is 106 cm³/mol. The summed E-state index contributed by atoms with van der Waals surface area (Å²) in [5.41, 5.74) is 0.998. The number of para-hydroxylation sites is 1. The van der Waals surface area contributed by atoms with Gasteiger partial charge in [0.15, 0.2) is 6.73 Å². The summed E-state index contributed by atoms with van der Waals surface area (Å²) in [5.74, 6) is -0.704. The Hall–Kier alpha value is -4.07. The predicted octanol–water partition coefficient (Wildman–Crippen LogP) is 3.32. The topological polar surface area (TPSA) is 83.3 Å². The molecule has 0 atom stereocenters. The van der Waals surface area contributed by atoms with E-state index in [0.29, 0.717) is 16.7 Å². The van der Waals surface area contributed by atoms with Gasteiger partial charge in [-0.25, -0.2) is 9.18 Å². The van der Waals surface area contributed by atoms with E-state index in [2.05, 4.69) is 10.3 Å². The number of hydrogen-bond acceptors (Lipinski definition) is 6. The maximum absolute atomic E-state index is 13.0. The summed E-state index contributed by atoms with van der Waals surface area (Å²) in [4.78, 5) is 25.0. The van der Waals surface area contributed by atoms with Gasteiger partial charge in [0.2, 0.25) is 0 Å². The van der Waals surface area contributed by atoms with Crippen LogP contribution in [0, 0.1) is 5.82 Å². The molecule has 0 N–H and O–H groups in total. The van der Waals surface area contributed by atoms with E-state index in [4.69, 9.17) is 9.47 Å². The maximum Gasteiger partial charge on any atom is 0.343 e. The molecule has 1 aromatic heterocycles. The second-order valence-electron chi connectivity index (χ2n) is 6.38. The highest BCUT2D eigenvalue weighted by Crippen LogP contribution is 2.20. The molecule has 0 unspecified atom stereocenters. The molecule has 0 bridgehead atoms. The summed E-state index contributed by atoms with van der Waals surface area (Å²) in [6, 6.07) is 19.2. The van der Waals surface area contributed by atoms with Crippen LogP contribution in [0.3, 0.4) is 0 Å². The van der Waals surface area contributed by atoms with Crippen molar-refractivity contribution in [3.05, 3.63) is 100 Å². The summed E-state index contributed by atoms with van der Waals surface area (Å²) >= 11 is 0. The summed E-state index contributed by atoms with van der Waals surface area (Å²) < 4.78 is 24.9. The minimum absolute atomic E-state index is 0.153. The van der Waals surface area contributed by atoms with Gasteiger partial charge in [-0.1, -0.05) is 41.6 Å². The molecule has 0 aliphatic heterocycles. The first-order valence-electron chi connectivity index (χ1n) is 9.08. The molecule has 7 nitrogen and oxygen atoms in total. The van der Waals surface area contributed by atoms with Crippen molar-refractivity contribution in [3.8, 4) is 5.75 Å². The van der Waals surface area contributed by atoms with Crippen LogP contribution in [-0.4, -0.2) is 21.0 Å². The van der Waals surface area contributed by atoms with Crippen LogP contribution in [0.25, 0.3) is 10.9 Å². The highest BCUT2D eigenvalue weighted by Gasteiger charge is 2.15. The Bertz CT molecular complexity index is 1260. The zero-order chi connectivity index (χ0) is 20.9. The van der Waals surface area contributed by atoms with E-state index < -0.39 is 11.5 Å². The Morgan fingerprint density at radius 2 is 1.70 bits per heavy atom. The van der Waals surface area contributed by atoms with Gasteiger partial charge in [0.05, 0.1) is 5.39 Å². The van der Waals surface area contributed by atoms with Gasteiger partial charge in [-0.2, -0.15) is 4.68 Å². The summed E-state index contributed by atoms with van der Waals surface area (Å²) in [7, 11) is 0. The Morgan fingerprint density at radius 1 is 0.967 bits per heavy atom. The second-order valence-corrected chi connectivity index (χ2v) is 6.38. The zero-order valence-corrected chi connectivity index (χ0v) is 15.7. The zero-order valence-electron chi connectivity index (χ0n) is 15.7. The first-order chi connectivity index (χ1) is 14.6. The number of fused-ring (bicyclic) bond motifs is 1. The molecule has 0 aliphatic carbocycles. The molecule has 0 aliphatic rings. The largest absolute Gasteiger partial charge is 0.488 e. The molecule has 0 spiro atoms. The van der Waals surface area contributed by atoms with Gasteiger partial charge in [0, 0.05) is 0 Å². The molecular weight excluding hydrogens is 389 g/mol. The number of ether oxygens (including phenoxy) is 2. The number of aromatic nitrogens is 3. The Labute approximate surface area is 170 Å². The lowest BCUT2D eigenvalue weighted by Crippen LogP contribution is -2.26. The molecule has 0 saturated heterocycles. The van der Waals surface area contributed by atoms with Crippen LogP contribution in [0.1, 0.15) is 15.9 Å². The van der Waals surface area contributed by atoms with Crippen LogP contribution in [-0.2, 0) is 18.1 Å². The lowest BCUT2D eigenvalue weighted by Gasteiger charge is -2.11. The van der Waals surface area contributed by atoms with Crippen molar-refractivity contribution in [2.45, 2.75) is 13.3 Å². The van der Waals surface area contributed by atoms with E-state index in [-0.39, 0.29) is 24.7 Å². The molecule has 0 fully saturated rings. The number of carbonyl (C=O) groups is 1. The van der Waals surface area contributed by atoms with Crippen LogP contribution >= 0.6 is 0 Å². The molecule has 4 aromatic rings. The Balaban J connectivity index is 1.47. The molecule has 150 valence electrons. The van der Waals surface area contributed by atoms with Crippen LogP contribution in [0.4, 0.5) is 4.39 Å². The minimum atomic E-state index is -0.674. The van der Waals surface area contributed by atoms with E-state index in [9.17, 15) is 14.0 Å². The van der Waals surface area contributed by atoms with Gasteiger partial charge in [0.25, 0.3) is 5.56 Å². The van der Waals surface area contributed by atoms with Crippen molar-refractivity contribution in [1.29, 1.82) is 0 Å². The molecule has 0 radical (unpaired) electrons. The summed E-state index contributed by atoms with van der Waals surface area (Å²) in [6.07, 6.45) is 0. The second kappa shape index (κ2) is 8.52. The van der Waals surface area contributed by atoms with Crippen LogP contribution in [0.15, 0.2) is 77.6 Å². The molecule has 4 rings (SSSR count). The average Bonchev–Trinajstić information content (AvgIpc) is 2.78. The van der Waals surface area contributed by atoms with Crippen molar-refractivity contribution in [3.63, 3.8) is 0 Å². The molecule has 30 heavy (non-hydrogen) atoms. The standard InChI is InChI=1S/C22H16FN3O4/c23-16-11-9-15(10-12-16)13-29-20-8-4-2-6-18(20)22(28)30-14-26-21(27)17-5-1-3-7-19(17)24-25-26/h1-12H,13-14H2. The van der Waals surface area contributed by atoms with Crippen molar-refractivity contribution >= 4 is 16.9 Å². The lowest BCUT2D eigenvalue weighted by atomic mass is 10.2. The van der Waals surface area contributed by atoms with Crippen molar-refractivity contribution in [2.24, 2.45) is 0 Å². The number of esters is 1. The first-order valence-corrected chi connectivity index (χ1v) is 9.08. The SMILES string of the molecule is O=C(OCn1nnc2ccccc2c1=O)c1ccccc1OCc1ccc(F)cc1. The average molecular weight is 405 g/mol. The number of nitrogens with zero attached hydrogens (tertiary/aromatic N) is 3. The van der Waals surface area contributed by atoms with E-state index in [1.165, 1.54) is 12.1 Å². The quantitative estimate of drug-likeness (QED) is 0.458. The number of rotatable bonds is 6. The van der Waals surface area contributed by atoms with E-state index in [0.717, 1.165) is 10.2 Å². The van der Waals surface area contributed by atoms with Gasteiger partial charge in [-0.15, -0.1) is 5.10 Å². The third kappa shape index (κ3) is 4.17. The van der Waals surface area contributed by atoms with Crippen LogP contribution in [0.5, 0.6) is 5.75 Å². The van der Waals surface area contributed by atoms with E-state index >= 15 is 0 Å². The van der Waals surface area contributed by atoms with Gasteiger partial charge in [-0.3, -0.25) is 4.79 Å². The fourth-order valence-electron chi connectivity index (χ4n) is 2.81. The van der Waals surface area contributed by atoms with Crippen molar-refractivity contribution in [2.75, 3.05) is 0 Å². The van der Waals surface area contributed by atoms with Crippen molar-refractivity contribution in [1.82, 2.24) is 15.0 Å². The number of hydrogen-bond donors (Lipinski definition) is 0. The third-order valence-corrected chi connectivity index (χ3v) is 4.36. The first kappa shape index (κ1) is 19.3. The number of halogens is 1. The molecule has 0 amide bonds. The smallest absolute Gasteiger partial charge is 0.343 e. The maximum atomic E-state index is 13.0. The summed E-state index contributed by atoms with van der Waals surface area (Å²) in [5, 5.41) is 8.12. The lowest BCUT2D eigenvalue weighted by molar-refractivity contribution is 0.0331. The normalized spacial score (nSPS) is 10.7. The third-order valence-electron chi connectivity index (χ3n) is 4.36. The van der Waals surface area contributed by atoms with Crippen molar-refractivity contribution < 1.29 is 18.7 Å². The molecule has 0 saturated carbocycles. The molecular formula is C22H16FN3O4. The monoisotopic (exact) mass is 405 g/mol. The minimum Gasteiger partial charge on any atom is -0.488 e. The van der Waals surface area contributed by atoms with Gasteiger partial charge in [-0.05, 0) is 42.0 Å². The van der Waals surface area contributed by atoms with E-state index in [1.807, 2.05) is 0 Å². The Kier molecular flexibility index (Phi) is 5.47. The van der Waals surface area contributed by atoms with Gasteiger partial charge in [0.1, 0.15) is 29.3 Å². The van der Waals surface area contributed by atoms with Crippen LogP contribution in [0.2, 0.25) is 0 Å². The molecule has 3 aromatic carbocycles. The molecule has 8 heteroatoms. The fraction of sp³-hybridized carbons (Fsp3) is 0.0909. The Morgan fingerprint density at radius 3 is 2.53 bits per heavy atom. The number of carbonyl (C=O) groups excluding carboxylic acids is 1.